The summed E-state index contributed by atoms with van der Waals surface area (Å²) in [7, 11) is 0. The first kappa shape index (κ1) is 11.9. The Morgan fingerprint density at radius 1 is 1.47 bits per heavy atom. The Morgan fingerprint density at radius 3 is 2.82 bits per heavy atom. The molecule has 3 N–H and O–H groups in total. The highest BCUT2D eigenvalue weighted by Gasteiger charge is 2.31. The van der Waals surface area contributed by atoms with Gasteiger partial charge in [-0.2, -0.15) is 0 Å². The number of rotatable bonds is 4. The van der Waals surface area contributed by atoms with Gasteiger partial charge in [0.05, 0.1) is 5.60 Å². The van der Waals surface area contributed by atoms with Crippen LogP contribution < -0.4 is 5.32 Å². The number of aromatic carboxylic acids is 1. The Labute approximate surface area is 99.5 Å². The zero-order valence-corrected chi connectivity index (χ0v) is 9.52. The van der Waals surface area contributed by atoms with Crippen LogP contribution >= 0.6 is 0 Å². The molecule has 0 saturated heterocycles. The molecule has 1 aromatic heterocycles. The zero-order chi connectivity index (χ0) is 12.3. The van der Waals surface area contributed by atoms with Crippen LogP contribution in [0.25, 0.3) is 0 Å². The molecule has 1 aliphatic carbocycles. The van der Waals surface area contributed by atoms with Crippen molar-refractivity contribution >= 4 is 11.8 Å². The first-order chi connectivity index (χ1) is 8.11. The molecule has 1 fully saturated rings. The van der Waals surface area contributed by atoms with E-state index in [0.717, 1.165) is 25.7 Å². The molecular formula is C12H16N2O3. The van der Waals surface area contributed by atoms with E-state index in [1.165, 1.54) is 12.3 Å². The van der Waals surface area contributed by atoms with Crippen molar-refractivity contribution in [2.24, 2.45) is 0 Å². The number of carboxylic acid groups (broad SMARTS) is 1. The number of hydrogen-bond donors (Lipinski definition) is 3. The molecule has 0 unspecified atom stereocenters. The lowest BCUT2D eigenvalue weighted by atomic mass is 10.0. The van der Waals surface area contributed by atoms with Gasteiger partial charge in [0.15, 0.2) is 0 Å². The van der Waals surface area contributed by atoms with Crippen LogP contribution in [0.4, 0.5) is 5.82 Å². The molecule has 0 spiro atoms. The van der Waals surface area contributed by atoms with Gasteiger partial charge in [-0.15, -0.1) is 0 Å². The second-order valence-electron chi connectivity index (χ2n) is 4.49. The number of nitrogens with one attached hydrogen (secondary N) is 1. The summed E-state index contributed by atoms with van der Waals surface area (Å²) >= 11 is 0. The predicted octanol–water partition coefficient (Wildman–Crippen LogP) is 1.50. The molecule has 0 aromatic carbocycles. The number of pyridine rings is 1. The molecule has 5 nitrogen and oxygen atoms in total. The van der Waals surface area contributed by atoms with Gasteiger partial charge in [0, 0.05) is 12.7 Å². The molecule has 0 aliphatic heterocycles. The smallest absolute Gasteiger partial charge is 0.339 e. The number of aliphatic hydroxyl groups is 1. The molecule has 1 heterocycles. The molecule has 1 aromatic rings. The van der Waals surface area contributed by atoms with Crippen molar-refractivity contribution in [3.8, 4) is 0 Å². The SMILES string of the molecule is O=C(O)c1cccnc1NCC1(O)CCCC1. The highest BCUT2D eigenvalue weighted by atomic mass is 16.4. The molecule has 0 amide bonds. The summed E-state index contributed by atoms with van der Waals surface area (Å²) in [5.41, 5.74) is -0.582. The van der Waals surface area contributed by atoms with E-state index in [1.807, 2.05) is 0 Å². The van der Waals surface area contributed by atoms with E-state index >= 15 is 0 Å². The summed E-state index contributed by atoms with van der Waals surface area (Å²) in [6.07, 6.45) is 5.09. The highest BCUT2D eigenvalue weighted by Crippen LogP contribution is 2.29. The normalized spacial score (nSPS) is 17.9. The van der Waals surface area contributed by atoms with E-state index in [2.05, 4.69) is 10.3 Å². The Balaban J connectivity index is 2.06. The van der Waals surface area contributed by atoms with Crippen molar-refractivity contribution in [3.05, 3.63) is 23.9 Å². The Bertz CT molecular complexity index is 414. The van der Waals surface area contributed by atoms with Crippen LogP contribution in [0.15, 0.2) is 18.3 Å². The fourth-order valence-electron chi connectivity index (χ4n) is 2.18. The van der Waals surface area contributed by atoms with Crippen LogP contribution in [0.1, 0.15) is 36.0 Å². The lowest BCUT2D eigenvalue weighted by molar-refractivity contribution is 0.0609. The van der Waals surface area contributed by atoms with Crippen LogP contribution in [0, 0.1) is 0 Å². The van der Waals surface area contributed by atoms with Crippen molar-refractivity contribution in [3.63, 3.8) is 0 Å². The minimum absolute atomic E-state index is 0.133. The first-order valence-electron chi connectivity index (χ1n) is 5.75. The molecule has 0 radical (unpaired) electrons. The molecule has 2 rings (SSSR count). The van der Waals surface area contributed by atoms with Crippen LogP contribution in [-0.4, -0.2) is 33.3 Å². The zero-order valence-electron chi connectivity index (χ0n) is 9.52. The van der Waals surface area contributed by atoms with Gasteiger partial charge in [-0.05, 0) is 25.0 Å². The van der Waals surface area contributed by atoms with E-state index in [-0.39, 0.29) is 5.56 Å². The summed E-state index contributed by atoms with van der Waals surface area (Å²) in [6, 6.07) is 3.08. The lowest BCUT2D eigenvalue weighted by Crippen LogP contribution is -2.34. The summed E-state index contributed by atoms with van der Waals surface area (Å²) in [6.45, 7) is 0.351. The topological polar surface area (TPSA) is 82.5 Å². The molecule has 92 valence electrons. The number of anilines is 1. The molecule has 0 bridgehead atoms. The number of hydrogen-bond acceptors (Lipinski definition) is 4. The van der Waals surface area contributed by atoms with Gasteiger partial charge in [0.2, 0.25) is 0 Å². The fraction of sp³-hybridized carbons (Fsp3) is 0.500. The van der Waals surface area contributed by atoms with E-state index in [9.17, 15) is 9.90 Å². The van der Waals surface area contributed by atoms with Crippen molar-refractivity contribution < 1.29 is 15.0 Å². The van der Waals surface area contributed by atoms with Gasteiger partial charge >= 0.3 is 5.97 Å². The maximum absolute atomic E-state index is 11.0. The van der Waals surface area contributed by atoms with Crippen molar-refractivity contribution in [1.82, 2.24) is 4.98 Å². The second-order valence-corrected chi connectivity index (χ2v) is 4.49. The summed E-state index contributed by atoms with van der Waals surface area (Å²) in [5, 5.41) is 22.1. The highest BCUT2D eigenvalue weighted by molar-refractivity contribution is 5.92. The van der Waals surface area contributed by atoms with Crippen LogP contribution in [-0.2, 0) is 0 Å². The van der Waals surface area contributed by atoms with E-state index < -0.39 is 11.6 Å². The lowest BCUT2D eigenvalue weighted by Gasteiger charge is -2.23. The number of aromatic nitrogens is 1. The number of nitrogens with zero attached hydrogens (tertiary/aromatic N) is 1. The average Bonchev–Trinajstić information content (AvgIpc) is 2.74. The van der Waals surface area contributed by atoms with Crippen LogP contribution in [0.3, 0.4) is 0 Å². The minimum atomic E-state index is -1.01. The third-order valence-electron chi connectivity index (χ3n) is 3.16. The van der Waals surface area contributed by atoms with E-state index in [1.54, 1.807) is 6.07 Å². The average molecular weight is 236 g/mol. The third kappa shape index (κ3) is 2.74. The van der Waals surface area contributed by atoms with Crippen LogP contribution in [0.2, 0.25) is 0 Å². The van der Waals surface area contributed by atoms with Gasteiger partial charge in [-0.25, -0.2) is 9.78 Å². The van der Waals surface area contributed by atoms with Crippen LogP contribution in [0.5, 0.6) is 0 Å². The Hall–Kier alpha value is -1.62. The number of carbonyl (C=O) groups is 1. The number of carboxylic acids is 1. The molecule has 1 aliphatic rings. The monoisotopic (exact) mass is 236 g/mol. The molecule has 5 heteroatoms. The van der Waals surface area contributed by atoms with Crippen molar-refractivity contribution in [2.75, 3.05) is 11.9 Å². The van der Waals surface area contributed by atoms with Gasteiger partial charge < -0.3 is 15.5 Å². The molecule has 17 heavy (non-hydrogen) atoms. The minimum Gasteiger partial charge on any atom is -0.478 e. The van der Waals surface area contributed by atoms with Crippen molar-refractivity contribution in [1.29, 1.82) is 0 Å². The molecule has 0 atom stereocenters. The summed E-state index contributed by atoms with van der Waals surface area (Å²) in [5.74, 6) is -0.695. The Morgan fingerprint density at radius 2 is 2.18 bits per heavy atom. The van der Waals surface area contributed by atoms with Gasteiger partial charge in [0.25, 0.3) is 0 Å². The standard InChI is InChI=1S/C12H16N2O3/c15-11(16)9-4-3-7-13-10(9)14-8-12(17)5-1-2-6-12/h3-4,7,17H,1-2,5-6,8H2,(H,13,14)(H,15,16). The third-order valence-corrected chi connectivity index (χ3v) is 3.16. The van der Waals surface area contributed by atoms with Crippen molar-refractivity contribution in [2.45, 2.75) is 31.3 Å². The van der Waals surface area contributed by atoms with Gasteiger partial charge in [-0.3, -0.25) is 0 Å². The summed E-state index contributed by atoms with van der Waals surface area (Å²) < 4.78 is 0. The second kappa shape index (κ2) is 4.71. The van der Waals surface area contributed by atoms with E-state index in [4.69, 9.17) is 5.11 Å². The van der Waals surface area contributed by atoms with Gasteiger partial charge in [0.1, 0.15) is 11.4 Å². The Kier molecular flexibility index (Phi) is 3.28. The maximum atomic E-state index is 11.0. The fourth-order valence-corrected chi connectivity index (χ4v) is 2.18. The summed E-state index contributed by atoms with van der Waals surface area (Å²) in [4.78, 5) is 14.9. The quantitative estimate of drug-likeness (QED) is 0.738. The molecular weight excluding hydrogens is 220 g/mol. The van der Waals surface area contributed by atoms with E-state index in [0.29, 0.717) is 12.4 Å². The predicted molar refractivity (Wildman–Crippen MR) is 63.1 cm³/mol. The molecule has 1 saturated carbocycles. The maximum Gasteiger partial charge on any atom is 0.339 e. The van der Waals surface area contributed by atoms with Gasteiger partial charge in [-0.1, -0.05) is 12.8 Å². The first-order valence-corrected chi connectivity index (χ1v) is 5.75. The largest absolute Gasteiger partial charge is 0.478 e.